The van der Waals surface area contributed by atoms with Crippen molar-refractivity contribution in [2.45, 2.75) is 10.9 Å². The van der Waals surface area contributed by atoms with Crippen molar-refractivity contribution >= 4 is 27.6 Å². The van der Waals surface area contributed by atoms with E-state index < -0.39 is 27.8 Å². The van der Waals surface area contributed by atoms with Crippen LogP contribution in [0, 0.1) is 0 Å². The number of hydrogen-bond acceptors (Lipinski definition) is 8. The SMILES string of the molecule is NCC(=O)[C@@H]([NH3+])C(=O)NCCOCCOCCNC(=O)c1ccc(S(N)(=O)=O)cc1. The molecule has 1 rings (SSSR count). The molecule has 1 atom stereocenters. The summed E-state index contributed by atoms with van der Waals surface area (Å²) in [5.41, 5.74) is 8.91. The lowest BCUT2D eigenvalue weighted by Gasteiger charge is -2.09. The van der Waals surface area contributed by atoms with Crippen molar-refractivity contribution in [1.29, 1.82) is 0 Å². The topological polar surface area (TPSA) is 208 Å². The van der Waals surface area contributed by atoms with E-state index in [-0.39, 0.29) is 56.9 Å². The van der Waals surface area contributed by atoms with Crippen molar-refractivity contribution in [3.8, 4) is 0 Å². The number of nitrogens with two attached hydrogens (primary N) is 2. The molecular weight excluding hydrogens is 418 g/mol. The van der Waals surface area contributed by atoms with Gasteiger partial charge in [0.2, 0.25) is 21.8 Å². The van der Waals surface area contributed by atoms with Gasteiger partial charge >= 0.3 is 0 Å². The minimum absolute atomic E-state index is 0.0721. The van der Waals surface area contributed by atoms with Crippen molar-refractivity contribution in [2.24, 2.45) is 10.9 Å². The molecule has 0 unspecified atom stereocenters. The number of carbonyl (C=O) groups is 3. The predicted molar refractivity (Wildman–Crippen MR) is 106 cm³/mol. The van der Waals surface area contributed by atoms with E-state index in [4.69, 9.17) is 20.3 Å². The van der Waals surface area contributed by atoms with Crippen LogP contribution >= 0.6 is 0 Å². The number of ether oxygens (including phenoxy) is 2. The zero-order valence-electron chi connectivity index (χ0n) is 16.5. The average molecular weight is 447 g/mol. The van der Waals surface area contributed by atoms with E-state index >= 15 is 0 Å². The van der Waals surface area contributed by atoms with Gasteiger partial charge in [-0.15, -0.1) is 0 Å². The number of carbonyl (C=O) groups excluding carboxylic acids is 3. The second kappa shape index (κ2) is 13.0. The van der Waals surface area contributed by atoms with E-state index in [0.29, 0.717) is 5.56 Å². The van der Waals surface area contributed by atoms with E-state index in [9.17, 15) is 22.8 Å². The first-order valence-electron chi connectivity index (χ1n) is 9.07. The van der Waals surface area contributed by atoms with Crippen LogP contribution in [-0.2, 0) is 29.1 Å². The monoisotopic (exact) mass is 446 g/mol. The van der Waals surface area contributed by atoms with Gasteiger partial charge in [0, 0.05) is 18.7 Å². The number of primary sulfonamides is 1. The molecule has 0 radical (unpaired) electrons. The Bertz CT molecular complexity index is 814. The first kappa shape index (κ1) is 25.6. The number of nitrogens with one attached hydrogen (secondary N) is 2. The summed E-state index contributed by atoms with van der Waals surface area (Å²) in [4.78, 5) is 34.7. The molecular formula is C17H28N5O7S+. The number of sulfonamides is 1. The summed E-state index contributed by atoms with van der Waals surface area (Å²) < 4.78 is 32.9. The Morgan fingerprint density at radius 3 is 2.00 bits per heavy atom. The molecule has 168 valence electrons. The van der Waals surface area contributed by atoms with Crippen molar-refractivity contribution in [2.75, 3.05) is 46.1 Å². The maximum Gasteiger partial charge on any atom is 0.286 e. The van der Waals surface area contributed by atoms with Gasteiger partial charge in [-0.1, -0.05) is 0 Å². The highest BCUT2D eigenvalue weighted by Crippen LogP contribution is 2.08. The highest BCUT2D eigenvalue weighted by molar-refractivity contribution is 7.89. The van der Waals surface area contributed by atoms with Crippen LogP contribution in [0.5, 0.6) is 0 Å². The van der Waals surface area contributed by atoms with E-state index in [1.165, 1.54) is 24.3 Å². The van der Waals surface area contributed by atoms with Gasteiger partial charge in [0.05, 0.1) is 37.9 Å². The standard InChI is InChI=1S/C17H27N5O7S/c18-11-14(23)15(19)17(25)22-6-8-29-10-9-28-7-5-21-16(24)12-1-3-13(4-2-12)30(20,26)27/h1-4,15H,5-11,18-19H2,(H,21,24)(H,22,25)(H2,20,26,27)/p+1/t15-/m1/s1. The fourth-order valence-electron chi connectivity index (χ4n) is 2.11. The lowest BCUT2D eigenvalue weighted by atomic mass is 10.2. The second-order valence-corrected chi connectivity index (χ2v) is 7.63. The average Bonchev–Trinajstić information content (AvgIpc) is 2.72. The Labute approximate surface area is 174 Å². The molecule has 0 aliphatic rings. The minimum Gasteiger partial charge on any atom is -0.377 e. The van der Waals surface area contributed by atoms with Crippen molar-refractivity contribution in [3.63, 3.8) is 0 Å². The maximum atomic E-state index is 11.9. The fourth-order valence-corrected chi connectivity index (χ4v) is 2.63. The first-order valence-corrected chi connectivity index (χ1v) is 10.6. The molecule has 2 amide bonds. The van der Waals surface area contributed by atoms with Gasteiger partial charge in [-0.3, -0.25) is 14.4 Å². The molecule has 0 aliphatic heterocycles. The molecule has 0 heterocycles. The third-order valence-electron chi connectivity index (χ3n) is 3.80. The van der Waals surface area contributed by atoms with Gasteiger partial charge in [-0.05, 0) is 24.3 Å². The predicted octanol–water partition coefficient (Wildman–Crippen LogP) is -3.65. The minimum atomic E-state index is -3.80. The molecule has 0 saturated carbocycles. The Morgan fingerprint density at radius 2 is 1.50 bits per heavy atom. The van der Waals surface area contributed by atoms with Crippen LogP contribution in [0.2, 0.25) is 0 Å². The molecule has 0 aliphatic carbocycles. The summed E-state index contributed by atoms with van der Waals surface area (Å²) in [5, 5.41) is 10.1. The van der Waals surface area contributed by atoms with Crippen LogP contribution in [-0.4, -0.2) is 78.1 Å². The Balaban J connectivity index is 2.07. The second-order valence-electron chi connectivity index (χ2n) is 6.06. The van der Waals surface area contributed by atoms with Crippen LogP contribution < -0.4 is 27.2 Å². The zero-order valence-corrected chi connectivity index (χ0v) is 17.3. The zero-order chi connectivity index (χ0) is 22.6. The number of hydrogen-bond donors (Lipinski definition) is 5. The summed E-state index contributed by atoms with van der Waals surface area (Å²) in [6, 6.07) is 4.22. The molecule has 0 saturated heterocycles. The van der Waals surface area contributed by atoms with Gasteiger partial charge in [-0.25, -0.2) is 13.6 Å². The van der Waals surface area contributed by atoms with Crippen molar-refractivity contribution in [1.82, 2.24) is 10.6 Å². The Hall–Kier alpha value is -2.42. The van der Waals surface area contributed by atoms with E-state index in [2.05, 4.69) is 16.4 Å². The molecule has 12 nitrogen and oxygen atoms in total. The van der Waals surface area contributed by atoms with E-state index in [1.807, 2.05) is 0 Å². The van der Waals surface area contributed by atoms with E-state index in [0.717, 1.165) is 0 Å². The first-order chi connectivity index (χ1) is 14.2. The van der Waals surface area contributed by atoms with Gasteiger partial charge < -0.3 is 31.6 Å². The molecule has 0 aromatic heterocycles. The number of amides is 2. The largest absolute Gasteiger partial charge is 0.377 e. The molecule has 13 heteroatoms. The third-order valence-corrected chi connectivity index (χ3v) is 4.73. The Kier molecular flexibility index (Phi) is 11.1. The maximum absolute atomic E-state index is 11.9. The highest BCUT2D eigenvalue weighted by atomic mass is 32.2. The van der Waals surface area contributed by atoms with Crippen LogP contribution in [0.15, 0.2) is 29.2 Å². The lowest BCUT2D eigenvalue weighted by molar-refractivity contribution is -0.388. The molecule has 30 heavy (non-hydrogen) atoms. The van der Waals surface area contributed by atoms with Gasteiger partial charge in [-0.2, -0.15) is 0 Å². The summed E-state index contributed by atoms with van der Waals surface area (Å²) in [7, 11) is -3.80. The number of Topliss-reactive ketones (excluding diaryl/α,β-unsaturated/α-hetero) is 1. The number of ketones is 1. The summed E-state index contributed by atoms with van der Waals surface area (Å²) in [5.74, 6) is -1.31. The molecule has 1 aromatic carbocycles. The normalized spacial score (nSPS) is 12.2. The summed E-state index contributed by atoms with van der Waals surface area (Å²) in [6.45, 7) is 1.32. The van der Waals surface area contributed by atoms with Crippen LogP contribution in [0.3, 0.4) is 0 Å². The molecule has 0 bridgehead atoms. The summed E-state index contributed by atoms with van der Waals surface area (Å²) >= 11 is 0. The molecule has 0 spiro atoms. The van der Waals surface area contributed by atoms with Crippen LogP contribution in [0.25, 0.3) is 0 Å². The van der Waals surface area contributed by atoms with Crippen molar-refractivity contribution in [3.05, 3.63) is 29.8 Å². The smallest absolute Gasteiger partial charge is 0.286 e. The summed E-state index contributed by atoms with van der Waals surface area (Å²) in [6.07, 6.45) is 0. The van der Waals surface area contributed by atoms with Crippen LogP contribution in [0.1, 0.15) is 10.4 Å². The highest BCUT2D eigenvalue weighted by Gasteiger charge is 2.23. The van der Waals surface area contributed by atoms with Gasteiger partial charge in [0.1, 0.15) is 0 Å². The van der Waals surface area contributed by atoms with Gasteiger partial charge in [0.15, 0.2) is 0 Å². The fraction of sp³-hybridized carbons (Fsp3) is 0.471. The molecule has 1 aromatic rings. The van der Waals surface area contributed by atoms with Crippen LogP contribution in [0.4, 0.5) is 0 Å². The van der Waals surface area contributed by atoms with E-state index in [1.54, 1.807) is 0 Å². The third kappa shape index (κ3) is 9.39. The Morgan fingerprint density at radius 1 is 0.967 bits per heavy atom. The van der Waals surface area contributed by atoms with Gasteiger partial charge in [0.25, 0.3) is 11.8 Å². The quantitative estimate of drug-likeness (QED) is 0.142. The molecule has 9 N–H and O–H groups in total. The number of quaternary nitrogens is 1. The molecule has 0 fully saturated rings. The number of rotatable bonds is 14. The van der Waals surface area contributed by atoms with Crippen molar-refractivity contribution < 1.29 is 38.0 Å². The lowest BCUT2D eigenvalue weighted by Crippen LogP contribution is -2.72. The number of benzene rings is 1.